The number of nitrogens with two attached hydrogens (primary N) is 1. The van der Waals surface area contributed by atoms with E-state index in [-0.39, 0.29) is 55.8 Å². The highest BCUT2D eigenvalue weighted by atomic mass is 32.1. The molecule has 37 heavy (non-hydrogen) atoms. The lowest BCUT2D eigenvalue weighted by atomic mass is 10.1. The molecule has 0 spiro atoms. The average Bonchev–Trinajstić information content (AvgIpc) is 3.41. The molecule has 0 bridgehead atoms. The quantitative estimate of drug-likeness (QED) is 0.230. The minimum absolute atomic E-state index is 0.0609. The number of nitrogen functional groups attached to an aromatic ring is 1. The summed E-state index contributed by atoms with van der Waals surface area (Å²) in [6, 6.07) is 8.95. The van der Waals surface area contributed by atoms with E-state index in [0.717, 1.165) is 22.7 Å². The Morgan fingerprint density at radius 1 is 0.784 bits per heavy atom. The number of nitrogens with zero attached hydrogens (tertiary/aromatic N) is 2. The van der Waals surface area contributed by atoms with Crippen LogP contribution in [-0.2, 0) is 0 Å². The van der Waals surface area contributed by atoms with Crippen molar-refractivity contribution >= 4 is 62.9 Å². The Balaban J connectivity index is 0.000000266. The highest BCUT2D eigenvalue weighted by Gasteiger charge is 2.25. The fourth-order valence-electron chi connectivity index (χ4n) is 2.95. The molecular weight excluding hydrogens is 518 g/mol. The van der Waals surface area contributed by atoms with Crippen molar-refractivity contribution in [3.63, 3.8) is 0 Å². The summed E-state index contributed by atoms with van der Waals surface area (Å²) in [7, 11) is 6.40. The second-order valence-corrected chi connectivity index (χ2v) is 9.88. The number of carbonyl (C=O) groups is 2. The van der Waals surface area contributed by atoms with Crippen molar-refractivity contribution < 1.29 is 19.8 Å². The van der Waals surface area contributed by atoms with Gasteiger partial charge in [-0.3, -0.25) is 19.2 Å². The number of benzene rings is 1. The van der Waals surface area contributed by atoms with Gasteiger partial charge in [-0.2, -0.15) is 0 Å². The van der Waals surface area contributed by atoms with Crippen LogP contribution < -0.4 is 27.2 Å². The van der Waals surface area contributed by atoms with Gasteiger partial charge in [-0.1, -0.05) is 18.2 Å². The molecule has 0 atom stereocenters. The van der Waals surface area contributed by atoms with Gasteiger partial charge in [-0.15, -0.1) is 22.7 Å². The molecule has 0 saturated heterocycles. The van der Waals surface area contributed by atoms with Crippen LogP contribution in [0.5, 0.6) is 11.5 Å². The fraction of sp³-hybridized carbons (Fsp3) is 0.167. The highest BCUT2D eigenvalue weighted by Crippen LogP contribution is 2.37. The molecule has 4 aromatic rings. The van der Waals surface area contributed by atoms with E-state index in [1.54, 1.807) is 57.8 Å². The summed E-state index contributed by atoms with van der Waals surface area (Å²) in [4.78, 5) is 50.1. The average molecular weight is 544 g/mol. The number of carbonyl (C=O) groups excluding carboxylic acids is 2. The van der Waals surface area contributed by atoms with Crippen molar-refractivity contribution in [2.24, 2.45) is 0 Å². The topological polar surface area (TPSA) is 165 Å². The number of nitrogens with one attached hydrogen (secondary N) is 2. The maximum absolute atomic E-state index is 12.0. The van der Waals surface area contributed by atoms with Crippen molar-refractivity contribution in [2.75, 3.05) is 44.6 Å². The summed E-state index contributed by atoms with van der Waals surface area (Å²) in [5.74, 6) is -0.932. The molecule has 2 heterocycles. The first-order valence-corrected chi connectivity index (χ1v) is 12.4. The van der Waals surface area contributed by atoms with Crippen LogP contribution in [0.25, 0.3) is 0 Å². The monoisotopic (exact) mass is 543 g/mol. The van der Waals surface area contributed by atoms with Gasteiger partial charge in [-0.05, 0) is 12.1 Å². The van der Waals surface area contributed by atoms with Gasteiger partial charge >= 0.3 is 0 Å². The van der Waals surface area contributed by atoms with Gasteiger partial charge in [-0.25, -0.2) is 0 Å². The third-order valence-corrected chi connectivity index (χ3v) is 6.90. The van der Waals surface area contributed by atoms with E-state index in [2.05, 4.69) is 10.6 Å². The fourth-order valence-corrected chi connectivity index (χ4v) is 4.73. The zero-order valence-electron chi connectivity index (χ0n) is 20.4. The molecule has 0 radical (unpaired) electrons. The molecule has 0 saturated carbocycles. The Morgan fingerprint density at radius 2 is 1.27 bits per heavy atom. The molecule has 0 aliphatic heterocycles. The summed E-state index contributed by atoms with van der Waals surface area (Å²) >= 11 is 2.20. The molecule has 0 fully saturated rings. The van der Waals surface area contributed by atoms with Crippen LogP contribution in [0.4, 0.5) is 28.4 Å². The Morgan fingerprint density at radius 3 is 1.76 bits per heavy atom. The van der Waals surface area contributed by atoms with Gasteiger partial charge in [0.15, 0.2) is 11.5 Å². The SMILES string of the molecule is CN(C)C(=O)c1scc(N)c1O.CN(C)C(=O)c1scc(Nc2c(Nc3ccccc3)c(=O)c2=O)c1O. The number of thiophene rings is 2. The lowest BCUT2D eigenvalue weighted by molar-refractivity contribution is 0.0822. The van der Waals surface area contributed by atoms with E-state index >= 15 is 0 Å². The molecular formula is C24H25N5O6S2. The van der Waals surface area contributed by atoms with Gasteiger partial charge in [0.05, 0.1) is 11.4 Å². The lowest BCUT2D eigenvalue weighted by Gasteiger charge is -2.14. The predicted molar refractivity (Wildman–Crippen MR) is 147 cm³/mol. The number of para-hydroxylation sites is 1. The minimum Gasteiger partial charge on any atom is -0.504 e. The summed E-state index contributed by atoms with van der Waals surface area (Å²) in [5, 5.41) is 28.2. The van der Waals surface area contributed by atoms with Crippen LogP contribution in [-0.4, -0.2) is 60.0 Å². The first-order chi connectivity index (χ1) is 17.4. The smallest absolute Gasteiger partial charge is 0.267 e. The Bertz CT molecular complexity index is 1500. The molecule has 0 aliphatic carbocycles. The number of amides is 2. The minimum atomic E-state index is -0.676. The number of hydrogen-bond donors (Lipinski definition) is 5. The molecule has 11 nitrogen and oxygen atoms in total. The van der Waals surface area contributed by atoms with Crippen molar-refractivity contribution in [1.29, 1.82) is 0 Å². The summed E-state index contributed by atoms with van der Waals surface area (Å²) in [5.41, 5.74) is 5.37. The number of aromatic hydroxyl groups is 2. The molecule has 0 unspecified atom stereocenters. The van der Waals surface area contributed by atoms with Gasteiger partial charge in [0.1, 0.15) is 21.1 Å². The van der Waals surface area contributed by atoms with Gasteiger partial charge in [0.25, 0.3) is 22.7 Å². The van der Waals surface area contributed by atoms with E-state index in [0.29, 0.717) is 5.69 Å². The van der Waals surface area contributed by atoms with Crippen LogP contribution >= 0.6 is 22.7 Å². The normalized spacial score (nSPS) is 10.4. The zero-order chi connectivity index (χ0) is 27.4. The molecule has 2 aromatic heterocycles. The second kappa shape index (κ2) is 11.1. The van der Waals surface area contributed by atoms with Crippen molar-refractivity contribution in [3.8, 4) is 11.5 Å². The van der Waals surface area contributed by atoms with Gasteiger partial charge in [0, 0.05) is 44.6 Å². The molecule has 2 aromatic carbocycles. The number of rotatable bonds is 6. The van der Waals surface area contributed by atoms with Crippen LogP contribution in [0, 0.1) is 0 Å². The third kappa shape index (κ3) is 5.73. The zero-order valence-corrected chi connectivity index (χ0v) is 22.0. The van der Waals surface area contributed by atoms with Crippen molar-refractivity contribution in [2.45, 2.75) is 0 Å². The van der Waals surface area contributed by atoms with Crippen LogP contribution in [0.3, 0.4) is 0 Å². The lowest BCUT2D eigenvalue weighted by Crippen LogP contribution is -2.35. The van der Waals surface area contributed by atoms with E-state index in [9.17, 15) is 29.4 Å². The van der Waals surface area contributed by atoms with E-state index in [1.165, 1.54) is 15.2 Å². The maximum Gasteiger partial charge on any atom is 0.267 e. The highest BCUT2D eigenvalue weighted by molar-refractivity contribution is 7.13. The van der Waals surface area contributed by atoms with Crippen LogP contribution in [0.2, 0.25) is 0 Å². The molecule has 6 N–H and O–H groups in total. The number of hydrogen-bond acceptors (Lipinski definition) is 11. The molecule has 4 rings (SSSR count). The third-order valence-electron chi connectivity index (χ3n) is 4.97. The first-order valence-electron chi connectivity index (χ1n) is 10.7. The van der Waals surface area contributed by atoms with E-state index in [1.807, 2.05) is 6.07 Å². The van der Waals surface area contributed by atoms with E-state index < -0.39 is 10.9 Å². The molecule has 2 amide bonds. The Labute approximate surface area is 219 Å². The number of anilines is 5. The molecule has 194 valence electrons. The molecule has 13 heteroatoms. The molecule has 0 aliphatic rings. The van der Waals surface area contributed by atoms with Crippen molar-refractivity contribution in [1.82, 2.24) is 9.80 Å². The summed E-state index contributed by atoms with van der Waals surface area (Å²) < 4.78 is 0. The first kappa shape index (κ1) is 27.2. The second-order valence-electron chi connectivity index (χ2n) is 8.12. The summed E-state index contributed by atoms with van der Waals surface area (Å²) in [6.07, 6.45) is 0. The van der Waals surface area contributed by atoms with Crippen molar-refractivity contribution in [3.05, 3.63) is 71.3 Å². The van der Waals surface area contributed by atoms with Gasteiger partial charge in [0.2, 0.25) is 0 Å². The van der Waals surface area contributed by atoms with Crippen LogP contribution in [0.1, 0.15) is 19.3 Å². The maximum atomic E-state index is 12.0. The summed E-state index contributed by atoms with van der Waals surface area (Å²) in [6.45, 7) is 0. The van der Waals surface area contributed by atoms with Gasteiger partial charge < -0.3 is 36.4 Å². The van der Waals surface area contributed by atoms with Crippen LogP contribution in [0.15, 0.2) is 50.7 Å². The largest absolute Gasteiger partial charge is 0.504 e. The standard InChI is InChI=1S/C17H15N3O4S.C7H10N2O2S/c1-20(2)17(24)16-13(21)10(8-25-16)19-12-11(14(22)15(12)23)18-9-6-4-3-5-7-9;1-9(2)7(11)6-5(10)4(8)3-12-6/h3-8,18-19,21H,1-2H3;3,10H,8H2,1-2H3. The van der Waals surface area contributed by atoms with E-state index in [4.69, 9.17) is 5.73 Å². The Kier molecular flexibility index (Phi) is 8.20. The Hall–Kier alpha value is -4.36. The predicted octanol–water partition coefficient (Wildman–Crippen LogP) is 2.98.